The molecule has 0 unspecified atom stereocenters. The van der Waals surface area contributed by atoms with Gasteiger partial charge in [-0.2, -0.15) is 119 Å². The first-order valence-corrected chi connectivity index (χ1v) is 29.9. The van der Waals surface area contributed by atoms with Crippen LogP contribution in [0.4, 0.5) is 119 Å². The van der Waals surface area contributed by atoms with E-state index in [4.69, 9.17) is 4.98 Å². The first kappa shape index (κ1) is 71.5. The van der Waals surface area contributed by atoms with Crippen LogP contribution in [0, 0.1) is 0 Å². The minimum atomic E-state index is -5.58. The van der Waals surface area contributed by atoms with Crippen molar-refractivity contribution in [1.82, 2.24) is 14.1 Å². The molecule has 0 saturated carbocycles. The highest BCUT2D eigenvalue weighted by atomic mass is 19.4. The molecule has 0 spiro atoms. The largest absolute Gasteiger partial charge is 0.417 e. The van der Waals surface area contributed by atoms with E-state index in [-0.39, 0.29) is 82.0 Å². The Morgan fingerprint density at radius 1 is 0.212 bits per heavy atom. The number of pyridine rings is 1. The molecule has 0 aliphatic carbocycles. The number of fused-ring (bicyclic) bond motifs is 6. The van der Waals surface area contributed by atoms with Crippen molar-refractivity contribution in [3.05, 3.63) is 256 Å². The summed E-state index contributed by atoms with van der Waals surface area (Å²) in [6, 6.07) is 25.7. The molecule has 0 aliphatic rings. The van der Waals surface area contributed by atoms with Crippen molar-refractivity contribution in [2.24, 2.45) is 0 Å². The third-order valence-electron chi connectivity index (χ3n) is 17.4. The number of rotatable bonds is 8. The summed E-state index contributed by atoms with van der Waals surface area (Å²) in [6.07, 6.45) is -49.3. The maximum atomic E-state index is 16.3. The van der Waals surface area contributed by atoms with Gasteiger partial charge < -0.3 is 9.13 Å². The van der Waals surface area contributed by atoms with E-state index in [2.05, 4.69) is 0 Å². The topological polar surface area (TPSA) is 22.8 Å². The molecule has 30 heteroatoms. The zero-order valence-corrected chi connectivity index (χ0v) is 51.2. The van der Waals surface area contributed by atoms with E-state index < -0.39 is 189 Å². The second-order valence-electron chi connectivity index (χ2n) is 23.8. The van der Waals surface area contributed by atoms with Crippen molar-refractivity contribution in [3.8, 4) is 78.4 Å². The van der Waals surface area contributed by atoms with Gasteiger partial charge in [-0.1, -0.05) is 84.9 Å². The minimum Gasteiger partial charge on any atom is -0.308 e. The minimum absolute atomic E-state index is 0.0518. The Bertz CT molecular complexity index is 5040. The molecule has 3 nitrogen and oxygen atoms in total. The van der Waals surface area contributed by atoms with Gasteiger partial charge in [0.1, 0.15) is 0 Å². The van der Waals surface area contributed by atoms with Crippen molar-refractivity contribution in [1.29, 1.82) is 0 Å². The van der Waals surface area contributed by atoms with Gasteiger partial charge in [0.2, 0.25) is 0 Å². The number of hydrogen-bond donors (Lipinski definition) is 0. The van der Waals surface area contributed by atoms with E-state index in [0.29, 0.717) is 42.0 Å². The van der Waals surface area contributed by atoms with Crippen molar-refractivity contribution >= 4 is 43.6 Å². The molecule has 0 radical (unpaired) electrons. The highest BCUT2D eigenvalue weighted by Gasteiger charge is 2.44. The van der Waals surface area contributed by atoms with Crippen molar-refractivity contribution in [2.75, 3.05) is 0 Å². The van der Waals surface area contributed by atoms with Crippen LogP contribution in [0.5, 0.6) is 0 Å². The van der Waals surface area contributed by atoms with Gasteiger partial charge in [0.25, 0.3) is 0 Å². The highest BCUT2D eigenvalue weighted by molar-refractivity contribution is 6.14. The SMILES string of the molecule is FC(F)(F)c1cc(-n2c3ccc(-c4ccc(C(F)(F)F)cc4C(F)(F)F)cc3c3cc(-c4ccc(C(F)(F)F)cc4C(F)(F)F)ccc32)c(-c2cccc(-c3ccccc3)n2)c(-n2c3ccc(-c4ccc(C(F)(F)F)cc4C(F)(F)F)cc3c3cc(-c4ccc(C(F)(F)F)cc4C(F)(F)F)ccc32)c1. The standard InChI is InChI=1S/C74H34F27N3/c75-66(76,77)40-13-17-45(53(29-40)71(90,91)92)36-9-21-59-49(25-36)50-26-37(46-18-14-41(67(78,79)80)30-54(46)72(93,94)95)10-22-60(50)103(59)63-33-44(70(87,88)89)34-64(65(63)58-8-4-7-57(102-58)35-5-2-1-3-6-35)104-61-23-11-38(47-19-15-42(68(81,82)83)31-55(47)73(96,97)98)27-51(61)52-28-39(12-24-62(52)104)48-20-16-43(69(84,85)86)32-56(48)74(99,100)101/h1-34H. The summed E-state index contributed by atoms with van der Waals surface area (Å²) in [5.41, 5.74) is -25.9. The molecular formula is C74H34F27N3. The van der Waals surface area contributed by atoms with Gasteiger partial charge in [0.15, 0.2) is 0 Å². The average Bonchev–Trinajstić information content (AvgIpc) is 1.48. The molecule has 0 bridgehead atoms. The van der Waals surface area contributed by atoms with E-state index in [1.165, 1.54) is 30.3 Å². The molecule has 0 atom stereocenters. The summed E-state index contributed by atoms with van der Waals surface area (Å²) < 4.78 is 400. The van der Waals surface area contributed by atoms with Crippen molar-refractivity contribution in [3.63, 3.8) is 0 Å². The second-order valence-corrected chi connectivity index (χ2v) is 23.8. The summed E-state index contributed by atoms with van der Waals surface area (Å²) in [5, 5.41) is -1.65. The molecule has 13 rings (SSSR count). The maximum absolute atomic E-state index is 16.3. The predicted molar refractivity (Wildman–Crippen MR) is 331 cm³/mol. The van der Waals surface area contributed by atoms with Crippen LogP contribution in [0.2, 0.25) is 0 Å². The first-order chi connectivity index (χ1) is 48.2. The van der Waals surface area contributed by atoms with Crippen molar-refractivity contribution in [2.45, 2.75) is 55.6 Å². The summed E-state index contributed by atoms with van der Waals surface area (Å²) in [6.45, 7) is 0. The monoisotopic (exact) mass is 1480 g/mol. The normalized spacial score (nSPS) is 13.3. The van der Waals surface area contributed by atoms with Gasteiger partial charge in [0.05, 0.1) is 94.9 Å². The van der Waals surface area contributed by atoms with Gasteiger partial charge in [0, 0.05) is 32.7 Å². The second kappa shape index (κ2) is 24.3. The number of alkyl halides is 27. The summed E-state index contributed by atoms with van der Waals surface area (Å²) >= 11 is 0. The van der Waals surface area contributed by atoms with Crippen LogP contribution in [0.1, 0.15) is 50.1 Å². The fourth-order valence-electron chi connectivity index (χ4n) is 12.8. The van der Waals surface area contributed by atoms with E-state index in [9.17, 15) is 52.7 Å². The quantitative estimate of drug-likeness (QED) is 0.139. The number of hydrogen-bond acceptors (Lipinski definition) is 1. The Labute approximate surface area is 564 Å². The summed E-state index contributed by atoms with van der Waals surface area (Å²) in [7, 11) is 0. The number of benzene rings is 10. The third-order valence-corrected chi connectivity index (χ3v) is 17.4. The molecule has 534 valence electrons. The van der Waals surface area contributed by atoms with Crippen LogP contribution < -0.4 is 0 Å². The van der Waals surface area contributed by atoms with Crippen LogP contribution in [-0.2, 0) is 55.6 Å². The maximum Gasteiger partial charge on any atom is 0.417 e. The van der Waals surface area contributed by atoms with E-state index >= 15 is 65.9 Å². The van der Waals surface area contributed by atoms with Crippen LogP contribution in [0.25, 0.3) is 122 Å². The molecule has 10 aromatic carbocycles. The van der Waals surface area contributed by atoms with E-state index in [1.807, 2.05) is 0 Å². The number of nitrogens with zero attached hydrogens (tertiary/aromatic N) is 3. The Hall–Kier alpha value is -10.9. The third kappa shape index (κ3) is 13.1. The van der Waals surface area contributed by atoms with Gasteiger partial charge in [-0.15, -0.1) is 0 Å². The van der Waals surface area contributed by atoms with E-state index in [1.54, 1.807) is 18.2 Å². The fraction of sp³-hybridized carbons (Fsp3) is 0.122. The molecule has 0 aliphatic heterocycles. The molecule has 0 saturated heterocycles. The molecule has 0 amide bonds. The summed E-state index contributed by atoms with van der Waals surface area (Å²) in [5.74, 6) is 0. The fourth-order valence-corrected chi connectivity index (χ4v) is 12.8. The molecule has 0 fully saturated rings. The Balaban J connectivity index is 1.19. The zero-order chi connectivity index (χ0) is 75.3. The predicted octanol–water partition coefficient (Wildman–Crippen LogP) is 26.4. The lowest BCUT2D eigenvalue weighted by molar-refractivity contribution is -0.144. The Morgan fingerprint density at radius 2 is 0.481 bits per heavy atom. The molecule has 104 heavy (non-hydrogen) atoms. The summed E-state index contributed by atoms with van der Waals surface area (Å²) in [4.78, 5) is 4.86. The van der Waals surface area contributed by atoms with Crippen molar-refractivity contribution < 1.29 is 119 Å². The van der Waals surface area contributed by atoms with Crippen LogP contribution >= 0.6 is 0 Å². The zero-order valence-electron chi connectivity index (χ0n) is 51.2. The number of halogens is 27. The smallest absolute Gasteiger partial charge is 0.308 e. The molecule has 3 heterocycles. The van der Waals surface area contributed by atoms with Crippen LogP contribution in [0.3, 0.4) is 0 Å². The Kier molecular flexibility index (Phi) is 16.7. The molecule has 0 N–H and O–H groups in total. The van der Waals surface area contributed by atoms with E-state index in [0.717, 1.165) is 81.9 Å². The van der Waals surface area contributed by atoms with Gasteiger partial charge in [-0.05, 0) is 166 Å². The van der Waals surface area contributed by atoms with Crippen LogP contribution in [0.15, 0.2) is 206 Å². The lowest BCUT2D eigenvalue weighted by Crippen LogP contribution is -2.12. The molecular weight excluding hydrogens is 1440 g/mol. The lowest BCUT2D eigenvalue weighted by Gasteiger charge is -2.23. The van der Waals surface area contributed by atoms with Gasteiger partial charge in [-0.25, -0.2) is 4.98 Å². The Morgan fingerprint density at radius 3 is 0.740 bits per heavy atom. The first-order valence-electron chi connectivity index (χ1n) is 29.9. The molecule has 3 aromatic heterocycles. The highest BCUT2D eigenvalue weighted by Crippen LogP contribution is 2.52. The van der Waals surface area contributed by atoms with Gasteiger partial charge in [-0.3, -0.25) is 0 Å². The van der Waals surface area contributed by atoms with Crippen LogP contribution in [-0.4, -0.2) is 14.1 Å². The lowest BCUT2D eigenvalue weighted by atomic mass is 9.94. The molecule has 13 aromatic rings. The number of aromatic nitrogens is 3. The average molecular weight is 1480 g/mol. The van der Waals surface area contributed by atoms with Gasteiger partial charge >= 0.3 is 55.6 Å².